The number of nitrogens with one attached hydrogen (secondary N) is 1. The molecule has 7 heteroatoms. The number of hydrogen-bond donors (Lipinski definition) is 2. The zero-order chi connectivity index (χ0) is 16.2. The third kappa shape index (κ3) is 5.32. The molecule has 1 amide bonds. The van der Waals surface area contributed by atoms with Crippen LogP contribution in [0.5, 0.6) is 0 Å². The van der Waals surface area contributed by atoms with E-state index in [-0.39, 0.29) is 40.2 Å². The van der Waals surface area contributed by atoms with Crippen molar-refractivity contribution in [3.8, 4) is 0 Å². The molecule has 116 valence electrons. The first-order valence-corrected chi connectivity index (χ1v) is 6.96. The highest BCUT2D eigenvalue weighted by atomic mass is 35.5. The zero-order valence-electron chi connectivity index (χ0n) is 12.4. The second-order valence-electron chi connectivity index (χ2n) is 6.11. The quantitative estimate of drug-likeness (QED) is 0.644. The lowest BCUT2D eigenvalue weighted by molar-refractivity contribution is -0.384. The fourth-order valence-electron chi connectivity index (χ4n) is 1.98. The van der Waals surface area contributed by atoms with Crippen LogP contribution < -0.4 is 11.1 Å². The van der Waals surface area contributed by atoms with E-state index in [4.69, 9.17) is 17.3 Å². The Kier molecular flexibility index (Phi) is 5.69. The van der Waals surface area contributed by atoms with Gasteiger partial charge in [-0.2, -0.15) is 0 Å². The number of carbonyl (C=O) groups excluding carboxylic acids is 1. The number of nitrogens with zero attached hydrogens (tertiary/aromatic N) is 1. The molecule has 0 saturated carbocycles. The summed E-state index contributed by atoms with van der Waals surface area (Å²) >= 11 is 5.96. The van der Waals surface area contributed by atoms with Gasteiger partial charge in [0.15, 0.2) is 0 Å². The molecule has 21 heavy (non-hydrogen) atoms. The Labute approximate surface area is 128 Å². The number of halogens is 1. The van der Waals surface area contributed by atoms with Crippen molar-refractivity contribution in [1.29, 1.82) is 0 Å². The van der Waals surface area contributed by atoms with Gasteiger partial charge in [-0.3, -0.25) is 14.9 Å². The molecule has 0 saturated heterocycles. The topological polar surface area (TPSA) is 98.3 Å². The van der Waals surface area contributed by atoms with Crippen molar-refractivity contribution in [2.75, 3.05) is 11.9 Å². The van der Waals surface area contributed by atoms with E-state index >= 15 is 0 Å². The van der Waals surface area contributed by atoms with E-state index in [0.717, 1.165) is 0 Å². The van der Waals surface area contributed by atoms with Crippen molar-refractivity contribution in [2.45, 2.75) is 27.2 Å². The number of nitro benzene ring substituents is 1. The Balaban J connectivity index is 2.91. The summed E-state index contributed by atoms with van der Waals surface area (Å²) in [5, 5.41) is 13.6. The lowest BCUT2D eigenvalue weighted by atomic mass is 9.84. The number of rotatable bonds is 5. The second kappa shape index (κ2) is 6.87. The van der Waals surface area contributed by atoms with Gasteiger partial charge in [-0.25, -0.2) is 0 Å². The first kappa shape index (κ1) is 17.4. The minimum atomic E-state index is -0.540. The maximum atomic E-state index is 12.2. The normalized spacial score (nSPS) is 12.8. The van der Waals surface area contributed by atoms with Crippen LogP contribution in [-0.2, 0) is 4.79 Å². The van der Waals surface area contributed by atoms with Gasteiger partial charge < -0.3 is 11.1 Å². The smallest absolute Gasteiger partial charge is 0.271 e. The van der Waals surface area contributed by atoms with Gasteiger partial charge in [0.25, 0.3) is 5.69 Å². The molecular formula is C14H20ClN3O3. The maximum absolute atomic E-state index is 12.2. The van der Waals surface area contributed by atoms with Crippen LogP contribution in [0.4, 0.5) is 11.4 Å². The van der Waals surface area contributed by atoms with Gasteiger partial charge in [0, 0.05) is 18.7 Å². The molecule has 1 aromatic carbocycles. The largest absolute Gasteiger partial charge is 0.330 e. The highest BCUT2D eigenvalue weighted by Crippen LogP contribution is 2.29. The van der Waals surface area contributed by atoms with Gasteiger partial charge in [-0.05, 0) is 17.9 Å². The molecule has 0 aromatic heterocycles. The molecule has 0 aliphatic carbocycles. The number of amides is 1. The fraction of sp³-hybridized carbons (Fsp3) is 0.500. The molecule has 0 fully saturated rings. The van der Waals surface area contributed by atoms with E-state index < -0.39 is 4.92 Å². The SMILES string of the molecule is CC(C)(C)CC(CN)C(=O)Nc1cc([N+](=O)[O-])ccc1Cl. The van der Waals surface area contributed by atoms with Crippen molar-refractivity contribution >= 4 is 28.9 Å². The van der Waals surface area contributed by atoms with Gasteiger partial charge in [0.1, 0.15) is 0 Å². The standard InChI is InChI=1S/C14H20ClN3O3/c1-14(2,3)7-9(8-16)13(19)17-12-6-10(18(20)21)4-5-11(12)15/h4-6,9H,7-8,16H2,1-3H3,(H,17,19). The van der Waals surface area contributed by atoms with Crippen LogP contribution >= 0.6 is 11.6 Å². The molecule has 6 nitrogen and oxygen atoms in total. The van der Waals surface area contributed by atoms with Crippen molar-refractivity contribution in [3.05, 3.63) is 33.3 Å². The van der Waals surface area contributed by atoms with Gasteiger partial charge in [-0.1, -0.05) is 32.4 Å². The van der Waals surface area contributed by atoms with Crippen molar-refractivity contribution in [2.24, 2.45) is 17.1 Å². The Morgan fingerprint density at radius 3 is 2.57 bits per heavy atom. The number of carbonyl (C=O) groups is 1. The molecule has 1 aromatic rings. The number of hydrogen-bond acceptors (Lipinski definition) is 4. The van der Waals surface area contributed by atoms with E-state index in [1.165, 1.54) is 18.2 Å². The molecule has 0 aliphatic rings. The molecule has 0 spiro atoms. The first-order valence-electron chi connectivity index (χ1n) is 6.59. The summed E-state index contributed by atoms with van der Waals surface area (Å²) in [7, 11) is 0. The number of benzene rings is 1. The summed E-state index contributed by atoms with van der Waals surface area (Å²) in [4.78, 5) is 22.5. The van der Waals surface area contributed by atoms with Crippen LogP contribution in [0.2, 0.25) is 5.02 Å². The molecule has 1 unspecified atom stereocenters. The second-order valence-corrected chi connectivity index (χ2v) is 6.52. The molecule has 1 rings (SSSR count). The first-order chi connectivity index (χ1) is 9.64. The Morgan fingerprint density at radius 2 is 2.10 bits per heavy atom. The van der Waals surface area contributed by atoms with Crippen LogP contribution in [0, 0.1) is 21.4 Å². The minimum absolute atomic E-state index is 0.0478. The van der Waals surface area contributed by atoms with E-state index in [2.05, 4.69) is 5.32 Å². The predicted molar refractivity (Wildman–Crippen MR) is 83.4 cm³/mol. The Hall–Kier alpha value is -1.66. The van der Waals surface area contributed by atoms with Gasteiger partial charge in [0.05, 0.1) is 21.6 Å². The highest BCUT2D eigenvalue weighted by Gasteiger charge is 2.24. The lowest BCUT2D eigenvalue weighted by Crippen LogP contribution is -2.32. The Morgan fingerprint density at radius 1 is 1.48 bits per heavy atom. The van der Waals surface area contributed by atoms with Crippen LogP contribution in [0.15, 0.2) is 18.2 Å². The molecular weight excluding hydrogens is 294 g/mol. The van der Waals surface area contributed by atoms with Crippen LogP contribution in [0.3, 0.4) is 0 Å². The van der Waals surface area contributed by atoms with E-state index in [1.54, 1.807) is 0 Å². The monoisotopic (exact) mass is 313 g/mol. The van der Waals surface area contributed by atoms with Gasteiger partial charge >= 0.3 is 0 Å². The number of anilines is 1. The van der Waals surface area contributed by atoms with Crippen LogP contribution in [0.1, 0.15) is 27.2 Å². The van der Waals surface area contributed by atoms with Crippen LogP contribution in [0.25, 0.3) is 0 Å². The van der Waals surface area contributed by atoms with Gasteiger partial charge in [0.2, 0.25) is 5.91 Å². The highest BCUT2D eigenvalue weighted by molar-refractivity contribution is 6.33. The fourth-order valence-corrected chi connectivity index (χ4v) is 2.14. The summed E-state index contributed by atoms with van der Waals surface area (Å²) in [6, 6.07) is 3.91. The zero-order valence-corrected chi connectivity index (χ0v) is 13.1. The molecule has 0 bridgehead atoms. The minimum Gasteiger partial charge on any atom is -0.330 e. The van der Waals surface area contributed by atoms with Crippen LogP contribution in [-0.4, -0.2) is 17.4 Å². The van der Waals surface area contributed by atoms with E-state index in [1.807, 2.05) is 20.8 Å². The summed E-state index contributed by atoms with van der Waals surface area (Å²) < 4.78 is 0. The Bertz CT molecular complexity index is 541. The number of nitro groups is 1. The van der Waals surface area contributed by atoms with Crippen molar-refractivity contribution < 1.29 is 9.72 Å². The molecule has 0 aliphatic heterocycles. The molecule has 3 N–H and O–H groups in total. The number of nitrogens with two attached hydrogens (primary N) is 1. The number of non-ortho nitro benzene ring substituents is 1. The van der Waals surface area contributed by atoms with Crippen molar-refractivity contribution in [3.63, 3.8) is 0 Å². The average molecular weight is 314 g/mol. The lowest BCUT2D eigenvalue weighted by Gasteiger charge is -2.24. The average Bonchev–Trinajstić information content (AvgIpc) is 2.37. The van der Waals surface area contributed by atoms with E-state index in [9.17, 15) is 14.9 Å². The van der Waals surface area contributed by atoms with Gasteiger partial charge in [-0.15, -0.1) is 0 Å². The predicted octanol–water partition coefficient (Wildman–Crippen LogP) is 3.20. The third-order valence-corrected chi connectivity index (χ3v) is 3.26. The summed E-state index contributed by atoms with van der Waals surface area (Å²) in [6.07, 6.45) is 0.613. The molecule has 1 atom stereocenters. The molecule has 0 radical (unpaired) electrons. The third-order valence-electron chi connectivity index (χ3n) is 2.93. The summed E-state index contributed by atoms with van der Waals surface area (Å²) in [5.74, 6) is -0.657. The molecule has 0 heterocycles. The summed E-state index contributed by atoms with van der Waals surface area (Å²) in [5.41, 5.74) is 5.70. The van der Waals surface area contributed by atoms with E-state index in [0.29, 0.717) is 6.42 Å². The van der Waals surface area contributed by atoms with Crippen molar-refractivity contribution in [1.82, 2.24) is 0 Å². The maximum Gasteiger partial charge on any atom is 0.271 e. The summed E-state index contributed by atoms with van der Waals surface area (Å²) in [6.45, 7) is 6.26.